The zero-order chi connectivity index (χ0) is 14.6. The van der Waals surface area contributed by atoms with Crippen LogP contribution in [0.1, 0.15) is 30.6 Å². The van der Waals surface area contributed by atoms with Gasteiger partial charge in [0.05, 0.1) is 11.0 Å². The first-order valence-corrected chi connectivity index (χ1v) is 5.87. The predicted octanol–water partition coefficient (Wildman–Crippen LogP) is 1.64. The summed E-state index contributed by atoms with van der Waals surface area (Å²) in [6.45, 7) is 3.20. The number of rotatable bonds is 5. The van der Waals surface area contributed by atoms with Crippen LogP contribution in [0.15, 0.2) is 18.2 Å². The summed E-state index contributed by atoms with van der Waals surface area (Å²) in [5.74, 6) is -2.16. The van der Waals surface area contributed by atoms with E-state index >= 15 is 0 Å². The molecule has 1 amide bonds. The number of benzene rings is 1. The summed E-state index contributed by atoms with van der Waals surface area (Å²) in [5.41, 5.74) is 4.67. The van der Waals surface area contributed by atoms with Gasteiger partial charge in [0.1, 0.15) is 5.82 Å². The van der Waals surface area contributed by atoms with Crippen molar-refractivity contribution in [3.05, 3.63) is 29.6 Å². The molecule has 0 aliphatic carbocycles. The molecule has 6 heteroatoms. The van der Waals surface area contributed by atoms with Crippen LogP contribution in [0.25, 0.3) is 0 Å². The molecular formula is C13H17FN2O3. The van der Waals surface area contributed by atoms with Gasteiger partial charge < -0.3 is 16.2 Å². The summed E-state index contributed by atoms with van der Waals surface area (Å²) in [6.07, 6.45) is 0.362. The zero-order valence-corrected chi connectivity index (χ0v) is 10.9. The van der Waals surface area contributed by atoms with Gasteiger partial charge in [-0.1, -0.05) is 6.92 Å². The summed E-state index contributed by atoms with van der Waals surface area (Å²) >= 11 is 0. The van der Waals surface area contributed by atoms with E-state index in [1.165, 1.54) is 13.0 Å². The largest absolute Gasteiger partial charge is 0.481 e. The standard InChI is InChI=1S/C13H17FN2O3/c1-3-13(2,12(18)19)7-16-11(17)9-6-8(14)4-5-10(9)15/h4-6H,3,7,15H2,1-2H3,(H,16,17)(H,18,19). The Bertz CT molecular complexity index is 505. The Balaban J connectivity index is 2.81. The zero-order valence-electron chi connectivity index (χ0n) is 10.9. The Morgan fingerprint density at radius 2 is 2.11 bits per heavy atom. The third-order valence-corrected chi connectivity index (χ3v) is 3.20. The van der Waals surface area contributed by atoms with E-state index in [0.29, 0.717) is 6.42 Å². The molecule has 0 aliphatic rings. The van der Waals surface area contributed by atoms with Gasteiger partial charge in [-0.15, -0.1) is 0 Å². The van der Waals surface area contributed by atoms with Gasteiger partial charge in [-0.05, 0) is 31.5 Å². The Morgan fingerprint density at radius 3 is 2.63 bits per heavy atom. The van der Waals surface area contributed by atoms with Crippen molar-refractivity contribution < 1.29 is 19.1 Å². The van der Waals surface area contributed by atoms with Gasteiger partial charge in [-0.3, -0.25) is 9.59 Å². The quantitative estimate of drug-likeness (QED) is 0.708. The van der Waals surface area contributed by atoms with E-state index in [-0.39, 0.29) is 17.8 Å². The van der Waals surface area contributed by atoms with Crippen LogP contribution in [-0.4, -0.2) is 23.5 Å². The lowest BCUT2D eigenvalue weighted by Crippen LogP contribution is -2.40. The van der Waals surface area contributed by atoms with E-state index in [1.54, 1.807) is 6.92 Å². The third-order valence-electron chi connectivity index (χ3n) is 3.20. The molecule has 1 unspecified atom stereocenters. The summed E-state index contributed by atoms with van der Waals surface area (Å²) in [6, 6.07) is 3.47. The SMILES string of the molecule is CCC(C)(CNC(=O)c1cc(F)ccc1N)C(=O)O. The number of hydrogen-bond acceptors (Lipinski definition) is 3. The van der Waals surface area contributed by atoms with Gasteiger partial charge in [0.2, 0.25) is 0 Å². The molecule has 0 radical (unpaired) electrons. The molecule has 4 N–H and O–H groups in total. The molecule has 0 saturated heterocycles. The highest BCUT2D eigenvalue weighted by Crippen LogP contribution is 2.20. The minimum absolute atomic E-state index is 0.00356. The van der Waals surface area contributed by atoms with Gasteiger partial charge in [0.25, 0.3) is 5.91 Å². The fourth-order valence-electron chi connectivity index (χ4n) is 1.45. The van der Waals surface area contributed by atoms with Crippen LogP contribution >= 0.6 is 0 Å². The van der Waals surface area contributed by atoms with Crippen LogP contribution in [0.2, 0.25) is 0 Å². The van der Waals surface area contributed by atoms with Crippen molar-refractivity contribution in [1.82, 2.24) is 5.32 Å². The van der Waals surface area contributed by atoms with Crippen LogP contribution in [0, 0.1) is 11.2 Å². The van der Waals surface area contributed by atoms with E-state index in [1.807, 2.05) is 0 Å². The Hall–Kier alpha value is -2.11. The summed E-state index contributed by atoms with van der Waals surface area (Å²) in [5, 5.41) is 11.6. The van der Waals surface area contributed by atoms with Crippen molar-refractivity contribution in [2.75, 3.05) is 12.3 Å². The number of hydrogen-bond donors (Lipinski definition) is 3. The molecule has 0 heterocycles. The molecule has 0 bridgehead atoms. The number of nitrogens with one attached hydrogen (secondary N) is 1. The highest BCUT2D eigenvalue weighted by atomic mass is 19.1. The number of carboxylic acids is 1. The predicted molar refractivity (Wildman–Crippen MR) is 69.2 cm³/mol. The number of nitrogens with two attached hydrogens (primary N) is 1. The number of halogens is 1. The van der Waals surface area contributed by atoms with Gasteiger partial charge >= 0.3 is 5.97 Å². The lowest BCUT2D eigenvalue weighted by molar-refractivity contribution is -0.147. The fraction of sp³-hybridized carbons (Fsp3) is 0.385. The Kier molecular flexibility index (Phi) is 4.47. The smallest absolute Gasteiger partial charge is 0.311 e. The van der Waals surface area contributed by atoms with Crippen LogP contribution in [-0.2, 0) is 4.79 Å². The molecule has 0 aromatic heterocycles. The minimum atomic E-state index is -1.06. The normalized spacial score (nSPS) is 13.6. The van der Waals surface area contributed by atoms with Crippen molar-refractivity contribution >= 4 is 17.6 Å². The van der Waals surface area contributed by atoms with Gasteiger partial charge in [-0.2, -0.15) is 0 Å². The summed E-state index contributed by atoms with van der Waals surface area (Å²) in [7, 11) is 0. The molecule has 0 saturated carbocycles. The average molecular weight is 268 g/mol. The number of anilines is 1. The van der Waals surface area contributed by atoms with E-state index in [9.17, 15) is 14.0 Å². The molecule has 1 atom stereocenters. The maximum absolute atomic E-state index is 13.0. The maximum atomic E-state index is 13.0. The van der Waals surface area contributed by atoms with Crippen LogP contribution in [0.4, 0.5) is 10.1 Å². The van der Waals surface area contributed by atoms with Crippen molar-refractivity contribution in [2.24, 2.45) is 5.41 Å². The van der Waals surface area contributed by atoms with E-state index in [4.69, 9.17) is 10.8 Å². The first-order valence-electron chi connectivity index (χ1n) is 5.87. The van der Waals surface area contributed by atoms with Crippen LogP contribution < -0.4 is 11.1 Å². The number of carbonyl (C=O) groups is 2. The minimum Gasteiger partial charge on any atom is -0.481 e. The van der Waals surface area contributed by atoms with E-state index in [2.05, 4.69) is 5.32 Å². The second-order valence-corrected chi connectivity index (χ2v) is 4.63. The lowest BCUT2D eigenvalue weighted by atomic mass is 9.87. The number of nitrogen functional groups attached to an aromatic ring is 1. The monoisotopic (exact) mass is 268 g/mol. The molecule has 0 spiro atoms. The molecule has 5 nitrogen and oxygen atoms in total. The average Bonchev–Trinajstić information content (AvgIpc) is 2.38. The molecule has 1 rings (SSSR count). The number of aliphatic carboxylic acids is 1. The van der Waals surface area contributed by atoms with Crippen LogP contribution in [0.3, 0.4) is 0 Å². The van der Waals surface area contributed by atoms with Crippen molar-refractivity contribution in [3.8, 4) is 0 Å². The Labute approximate surface area is 110 Å². The van der Waals surface area contributed by atoms with Crippen molar-refractivity contribution in [3.63, 3.8) is 0 Å². The first-order chi connectivity index (χ1) is 8.80. The molecule has 0 aliphatic heterocycles. The molecule has 104 valence electrons. The number of carboxylic acid groups (broad SMARTS) is 1. The second-order valence-electron chi connectivity index (χ2n) is 4.63. The second kappa shape index (κ2) is 5.69. The van der Waals surface area contributed by atoms with Crippen LogP contribution in [0.5, 0.6) is 0 Å². The summed E-state index contributed by atoms with van der Waals surface area (Å²) in [4.78, 5) is 22.9. The maximum Gasteiger partial charge on any atom is 0.311 e. The lowest BCUT2D eigenvalue weighted by Gasteiger charge is -2.23. The van der Waals surface area contributed by atoms with E-state index in [0.717, 1.165) is 12.1 Å². The van der Waals surface area contributed by atoms with E-state index < -0.39 is 23.1 Å². The Morgan fingerprint density at radius 1 is 1.47 bits per heavy atom. The number of carbonyl (C=O) groups excluding carboxylic acids is 1. The summed E-state index contributed by atoms with van der Waals surface area (Å²) < 4.78 is 13.0. The van der Waals surface area contributed by atoms with Gasteiger partial charge in [0.15, 0.2) is 0 Å². The van der Waals surface area contributed by atoms with Gasteiger partial charge in [-0.25, -0.2) is 4.39 Å². The third kappa shape index (κ3) is 3.43. The number of amides is 1. The molecule has 1 aromatic carbocycles. The highest BCUT2D eigenvalue weighted by molar-refractivity contribution is 5.99. The fourth-order valence-corrected chi connectivity index (χ4v) is 1.45. The van der Waals surface area contributed by atoms with Crippen molar-refractivity contribution in [2.45, 2.75) is 20.3 Å². The topological polar surface area (TPSA) is 92.4 Å². The molecule has 1 aromatic rings. The van der Waals surface area contributed by atoms with Crippen molar-refractivity contribution in [1.29, 1.82) is 0 Å². The molecule has 0 fully saturated rings. The molecule has 19 heavy (non-hydrogen) atoms. The van der Waals surface area contributed by atoms with Gasteiger partial charge in [0, 0.05) is 12.2 Å². The molecular weight excluding hydrogens is 251 g/mol. The highest BCUT2D eigenvalue weighted by Gasteiger charge is 2.31. The first kappa shape index (κ1) is 14.9.